The molecule has 6 aromatic heterocycles. The maximum absolute atomic E-state index is 6.07. The molecule has 0 radical (unpaired) electrons. The van der Waals surface area contributed by atoms with E-state index in [-0.39, 0.29) is 0 Å². The molecule has 0 spiro atoms. The predicted molar refractivity (Wildman–Crippen MR) is 321 cm³/mol. The third-order valence-electron chi connectivity index (χ3n) is 12.8. The van der Waals surface area contributed by atoms with Crippen molar-refractivity contribution in [2.45, 2.75) is 34.6 Å². The molecule has 0 aliphatic rings. The highest BCUT2D eigenvalue weighted by Crippen LogP contribution is 2.40. The zero-order chi connectivity index (χ0) is 51.9. The molecule has 0 aliphatic heterocycles. The summed E-state index contributed by atoms with van der Waals surface area (Å²) in [4.78, 5) is 11.7. The van der Waals surface area contributed by atoms with Gasteiger partial charge in [0.25, 0.3) is 0 Å². The Balaban J connectivity index is 0.000000117. The van der Waals surface area contributed by atoms with E-state index in [0.29, 0.717) is 0 Å². The molecule has 368 valence electrons. The minimum absolute atomic E-state index is 0.946. The summed E-state index contributed by atoms with van der Waals surface area (Å²) in [6.07, 6.45) is 8.97. The summed E-state index contributed by atoms with van der Waals surface area (Å²) in [5.74, 6) is 0. The second kappa shape index (κ2) is 24.6. The number of para-hydroxylation sites is 4. The summed E-state index contributed by atoms with van der Waals surface area (Å²) >= 11 is 1.89. The molecule has 0 amide bonds. The second-order valence-corrected chi connectivity index (χ2v) is 19.5. The third-order valence-corrected chi connectivity index (χ3v) is 14.0. The molecule has 75 heavy (non-hydrogen) atoms. The normalized spacial score (nSPS) is 10.5. The van der Waals surface area contributed by atoms with Crippen LogP contribution in [0, 0.1) is 34.6 Å². The molecule has 6 heterocycles. The summed E-state index contributed by atoms with van der Waals surface area (Å²) < 4.78 is 11.1. The van der Waals surface area contributed by atoms with Crippen molar-refractivity contribution in [3.8, 4) is 22.3 Å². The molecule has 0 unspecified atom stereocenters. The van der Waals surface area contributed by atoms with E-state index in [0.717, 1.165) is 22.4 Å². The van der Waals surface area contributed by atoms with Gasteiger partial charge in [0.1, 0.15) is 11.2 Å². The first-order valence-electron chi connectivity index (χ1n) is 25.2. The van der Waals surface area contributed by atoms with Crippen LogP contribution in [0.15, 0.2) is 260 Å². The number of pyridine rings is 3. The number of nitrogens with zero attached hydrogens (tertiary/aromatic N) is 4. The summed E-state index contributed by atoms with van der Waals surface area (Å²) in [5.41, 5.74) is 15.6. The minimum atomic E-state index is 0.946. The Labute approximate surface area is 444 Å². The van der Waals surface area contributed by atoms with E-state index in [9.17, 15) is 0 Å². The molecule has 0 saturated carbocycles. The zero-order valence-corrected chi connectivity index (χ0v) is 44.2. The van der Waals surface area contributed by atoms with Crippen molar-refractivity contribution in [2.75, 3.05) is 0 Å². The van der Waals surface area contributed by atoms with Crippen LogP contribution in [0.25, 0.3) is 86.2 Å². The van der Waals surface area contributed by atoms with Crippen molar-refractivity contribution >= 4 is 75.3 Å². The van der Waals surface area contributed by atoms with Gasteiger partial charge in [0.15, 0.2) is 0 Å². The Kier molecular flexibility index (Phi) is 16.7. The largest absolute Gasteiger partial charge is 0.455 e. The molecule has 0 bridgehead atoms. The first-order chi connectivity index (χ1) is 36.7. The molecular weight excluding hydrogens is 933 g/mol. The van der Waals surface area contributed by atoms with Gasteiger partial charge in [-0.1, -0.05) is 181 Å². The Morgan fingerprint density at radius 1 is 0.373 bits per heavy atom. The zero-order valence-electron chi connectivity index (χ0n) is 43.4. The van der Waals surface area contributed by atoms with Gasteiger partial charge in [-0.2, -0.15) is 0 Å². The molecular formula is C69H60N4OS. The van der Waals surface area contributed by atoms with E-state index in [1.54, 1.807) is 24.8 Å². The molecule has 6 heteroatoms. The van der Waals surface area contributed by atoms with Gasteiger partial charge in [0.05, 0.1) is 0 Å². The maximum atomic E-state index is 6.07. The summed E-state index contributed by atoms with van der Waals surface area (Å²) in [5, 5.41) is 7.76. The van der Waals surface area contributed by atoms with Crippen molar-refractivity contribution in [2.24, 2.45) is 7.05 Å². The van der Waals surface area contributed by atoms with Gasteiger partial charge in [-0.05, 0) is 117 Å². The predicted octanol–water partition coefficient (Wildman–Crippen LogP) is 19.1. The molecule has 14 rings (SSSR count). The first-order valence-corrected chi connectivity index (χ1v) is 26.0. The number of furan rings is 1. The number of aromatic nitrogens is 4. The van der Waals surface area contributed by atoms with Gasteiger partial charge in [0.2, 0.25) is 0 Å². The third kappa shape index (κ3) is 12.6. The number of rotatable bonds is 2. The van der Waals surface area contributed by atoms with Gasteiger partial charge in [-0.25, -0.2) is 0 Å². The van der Waals surface area contributed by atoms with Crippen molar-refractivity contribution < 1.29 is 4.42 Å². The van der Waals surface area contributed by atoms with Crippen LogP contribution in [-0.2, 0) is 7.05 Å². The maximum Gasteiger partial charge on any atom is 0.143 e. The molecule has 5 nitrogen and oxygen atoms in total. The molecule has 0 atom stereocenters. The quantitative estimate of drug-likeness (QED) is 0.173. The first kappa shape index (κ1) is 51.0. The smallest absolute Gasteiger partial charge is 0.143 e. The average Bonchev–Trinajstić information content (AvgIpc) is 4.13. The SMILES string of the molecule is Cc1ccc(-c2cccc3c2oc2ccccc23)cc1.Cc1ccc(-c2cccc3c2sc2ccccc23)cc1.Cc1ccccn1.Cc1cccnc1.Cc1ccncc1.Cn1c2ccccc2c2ccccc21. The molecule has 14 aromatic rings. The molecule has 8 aromatic carbocycles. The Morgan fingerprint density at radius 2 is 0.907 bits per heavy atom. The standard InChI is InChI=1S/C19H14O.C19H14S.C13H11N.3C6H7N/c2*1-13-9-11-14(12-10-13)15-6-4-7-17-16-5-2-3-8-18(16)20-19(15)17;1-14-12-8-4-2-6-10(12)11-7-3-5-9-13(11)14;1-6-2-4-7-5-3-6;1-6-3-2-4-7-5-6;1-6-4-2-3-5-7-6/h2*2-12H,1H3;2-9H,1H3;3*2-5H,1H3. The summed E-state index contributed by atoms with van der Waals surface area (Å²) in [6, 6.07) is 78.0. The Hall–Kier alpha value is -8.97. The van der Waals surface area contributed by atoms with Gasteiger partial charge in [0, 0.05) is 102 Å². The van der Waals surface area contributed by atoms with Crippen LogP contribution in [0.5, 0.6) is 0 Å². The number of aryl methyl sites for hydroxylation is 6. The molecule has 0 saturated heterocycles. The molecule has 0 aliphatic carbocycles. The van der Waals surface area contributed by atoms with Crippen molar-refractivity contribution in [1.82, 2.24) is 19.5 Å². The van der Waals surface area contributed by atoms with E-state index in [4.69, 9.17) is 4.42 Å². The van der Waals surface area contributed by atoms with Crippen LogP contribution in [-0.4, -0.2) is 19.5 Å². The van der Waals surface area contributed by atoms with E-state index in [2.05, 4.69) is 210 Å². The average molecular weight is 993 g/mol. The van der Waals surface area contributed by atoms with E-state index < -0.39 is 0 Å². The van der Waals surface area contributed by atoms with E-state index >= 15 is 0 Å². The van der Waals surface area contributed by atoms with Gasteiger partial charge in [-0.15, -0.1) is 11.3 Å². The Bertz CT molecular complexity index is 3750. The monoisotopic (exact) mass is 992 g/mol. The topological polar surface area (TPSA) is 56.7 Å². The lowest BCUT2D eigenvalue weighted by molar-refractivity contribution is 0.670. The lowest BCUT2D eigenvalue weighted by Gasteiger charge is -2.04. The highest BCUT2D eigenvalue weighted by molar-refractivity contribution is 7.26. The van der Waals surface area contributed by atoms with Crippen LogP contribution < -0.4 is 0 Å². The van der Waals surface area contributed by atoms with E-state index in [1.165, 1.54) is 91.7 Å². The molecule has 0 N–H and O–H groups in total. The lowest BCUT2D eigenvalue weighted by atomic mass is 10.0. The van der Waals surface area contributed by atoms with Crippen LogP contribution >= 0.6 is 11.3 Å². The highest BCUT2D eigenvalue weighted by atomic mass is 32.1. The fraction of sp³-hybridized carbons (Fsp3) is 0.0870. The van der Waals surface area contributed by atoms with Gasteiger partial charge >= 0.3 is 0 Å². The fourth-order valence-corrected chi connectivity index (χ4v) is 10.1. The fourth-order valence-electron chi connectivity index (χ4n) is 8.86. The van der Waals surface area contributed by atoms with Crippen molar-refractivity contribution in [3.63, 3.8) is 0 Å². The number of benzene rings is 8. The lowest BCUT2D eigenvalue weighted by Crippen LogP contribution is -1.84. The number of fused-ring (bicyclic) bond motifs is 9. The number of hydrogen-bond donors (Lipinski definition) is 0. The second-order valence-electron chi connectivity index (χ2n) is 18.4. The minimum Gasteiger partial charge on any atom is -0.455 e. The van der Waals surface area contributed by atoms with Crippen molar-refractivity contribution in [1.29, 1.82) is 0 Å². The summed E-state index contributed by atoms with van der Waals surface area (Å²) in [6.45, 7) is 10.3. The van der Waals surface area contributed by atoms with Crippen molar-refractivity contribution in [3.05, 3.63) is 283 Å². The van der Waals surface area contributed by atoms with Gasteiger partial charge in [-0.3, -0.25) is 15.0 Å². The van der Waals surface area contributed by atoms with Crippen LogP contribution in [0.3, 0.4) is 0 Å². The number of hydrogen-bond acceptors (Lipinski definition) is 5. The summed E-state index contributed by atoms with van der Waals surface area (Å²) in [7, 11) is 2.12. The highest BCUT2D eigenvalue weighted by Gasteiger charge is 2.12. The Morgan fingerprint density at radius 3 is 1.45 bits per heavy atom. The van der Waals surface area contributed by atoms with Crippen LogP contribution in [0.2, 0.25) is 0 Å². The van der Waals surface area contributed by atoms with Gasteiger partial charge < -0.3 is 8.98 Å². The van der Waals surface area contributed by atoms with E-state index in [1.807, 2.05) is 92.9 Å². The van der Waals surface area contributed by atoms with Crippen LogP contribution in [0.4, 0.5) is 0 Å². The van der Waals surface area contributed by atoms with Crippen LogP contribution in [0.1, 0.15) is 27.9 Å². The molecule has 0 fully saturated rings. The number of thiophene rings is 1.